The van der Waals surface area contributed by atoms with E-state index in [2.05, 4.69) is 5.32 Å². The van der Waals surface area contributed by atoms with Gasteiger partial charge in [0.15, 0.2) is 11.5 Å². The van der Waals surface area contributed by atoms with E-state index < -0.39 is 10.8 Å². The Hall–Kier alpha value is -3.29. The minimum absolute atomic E-state index is 0.0794. The number of nitrogens with zero attached hydrogens (tertiary/aromatic N) is 1. The van der Waals surface area contributed by atoms with E-state index >= 15 is 0 Å². The van der Waals surface area contributed by atoms with Crippen molar-refractivity contribution in [2.24, 2.45) is 0 Å². The van der Waals surface area contributed by atoms with E-state index in [1.54, 1.807) is 37.3 Å². The van der Waals surface area contributed by atoms with Crippen LogP contribution in [0.5, 0.6) is 17.2 Å². The number of ether oxygens (including phenoxy) is 3. The van der Waals surface area contributed by atoms with E-state index in [1.807, 2.05) is 0 Å². The Morgan fingerprint density at radius 3 is 2.84 bits per heavy atom. The first kappa shape index (κ1) is 16.6. The molecule has 0 atom stereocenters. The SMILES string of the molecule is Cc1ccc(C(=O)NCCOc2ccc3c(c2)OCO3)cc1[N+](=O)[O-]. The molecule has 1 heterocycles. The van der Waals surface area contributed by atoms with E-state index in [4.69, 9.17) is 14.2 Å². The van der Waals surface area contributed by atoms with E-state index in [9.17, 15) is 14.9 Å². The molecule has 0 spiro atoms. The molecule has 2 aromatic rings. The van der Waals surface area contributed by atoms with Crippen LogP contribution < -0.4 is 19.5 Å². The molecule has 0 aliphatic carbocycles. The summed E-state index contributed by atoms with van der Waals surface area (Å²) in [5.41, 5.74) is 0.664. The molecule has 1 aliphatic rings. The highest BCUT2D eigenvalue weighted by molar-refractivity contribution is 5.94. The van der Waals surface area contributed by atoms with E-state index in [1.165, 1.54) is 6.07 Å². The van der Waals surface area contributed by atoms with Gasteiger partial charge in [0, 0.05) is 23.3 Å². The number of nitro groups is 1. The van der Waals surface area contributed by atoms with Crippen molar-refractivity contribution in [2.45, 2.75) is 6.92 Å². The molecule has 0 saturated carbocycles. The lowest BCUT2D eigenvalue weighted by atomic mass is 10.1. The number of benzene rings is 2. The number of hydrogen-bond donors (Lipinski definition) is 1. The molecule has 25 heavy (non-hydrogen) atoms. The van der Waals surface area contributed by atoms with Crippen molar-refractivity contribution in [3.63, 3.8) is 0 Å². The monoisotopic (exact) mass is 344 g/mol. The first-order chi connectivity index (χ1) is 12.0. The minimum atomic E-state index is -0.505. The third kappa shape index (κ3) is 3.79. The van der Waals surface area contributed by atoms with Crippen LogP contribution >= 0.6 is 0 Å². The van der Waals surface area contributed by atoms with Gasteiger partial charge in [0.25, 0.3) is 11.6 Å². The third-order valence-electron chi connectivity index (χ3n) is 3.67. The van der Waals surface area contributed by atoms with Crippen LogP contribution in [0.15, 0.2) is 36.4 Å². The van der Waals surface area contributed by atoms with Gasteiger partial charge in [-0.15, -0.1) is 0 Å². The van der Waals surface area contributed by atoms with Gasteiger partial charge in [-0.1, -0.05) is 6.07 Å². The quantitative estimate of drug-likeness (QED) is 0.491. The molecular formula is C17H16N2O6. The summed E-state index contributed by atoms with van der Waals surface area (Å²) >= 11 is 0. The second kappa shape index (κ2) is 7.08. The molecule has 2 aromatic carbocycles. The fourth-order valence-electron chi connectivity index (χ4n) is 2.35. The molecule has 0 radical (unpaired) electrons. The van der Waals surface area contributed by atoms with Gasteiger partial charge < -0.3 is 19.5 Å². The van der Waals surface area contributed by atoms with Gasteiger partial charge in [0.2, 0.25) is 6.79 Å². The predicted octanol–water partition coefficient (Wildman–Crippen LogP) is 2.44. The molecule has 3 rings (SSSR count). The maximum atomic E-state index is 12.1. The van der Waals surface area contributed by atoms with Crippen molar-refractivity contribution >= 4 is 11.6 Å². The molecule has 0 unspecified atom stereocenters. The van der Waals surface area contributed by atoms with Crippen LogP contribution in [0.2, 0.25) is 0 Å². The summed E-state index contributed by atoms with van der Waals surface area (Å²) in [6.45, 7) is 2.32. The summed E-state index contributed by atoms with van der Waals surface area (Å²) in [7, 11) is 0. The first-order valence-electron chi connectivity index (χ1n) is 7.60. The van der Waals surface area contributed by atoms with Crippen molar-refractivity contribution in [1.29, 1.82) is 0 Å². The average Bonchev–Trinajstić information content (AvgIpc) is 3.06. The Kier molecular flexibility index (Phi) is 4.69. The van der Waals surface area contributed by atoms with E-state index in [0.29, 0.717) is 22.8 Å². The third-order valence-corrected chi connectivity index (χ3v) is 3.67. The zero-order valence-electron chi connectivity index (χ0n) is 13.5. The van der Waals surface area contributed by atoms with Crippen molar-refractivity contribution < 1.29 is 23.9 Å². The molecule has 0 fully saturated rings. The van der Waals surface area contributed by atoms with Crippen LogP contribution in [-0.2, 0) is 0 Å². The minimum Gasteiger partial charge on any atom is -0.492 e. The Balaban J connectivity index is 1.51. The number of carbonyl (C=O) groups is 1. The van der Waals surface area contributed by atoms with Crippen LogP contribution in [0.1, 0.15) is 15.9 Å². The topological polar surface area (TPSA) is 99.9 Å². The van der Waals surface area contributed by atoms with E-state index in [-0.39, 0.29) is 31.2 Å². The Labute approximate surface area is 143 Å². The normalized spacial score (nSPS) is 11.9. The summed E-state index contributed by atoms with van der Waals surface area (Å²) in [6, 6.07) is 9.59. The van der Waals surface area contributed by atoms with Crippen LogP contribution in [0.4, 0.5) is 5.69 Å². The molecule has 0 aromatic heterocycles. The second-order valence-electron chi connectivity index (χ2n) is 5.38. The summed E-state index contributed by atoms with van der Waals surface area (Å²) in [4.78, 5) is 22.5. The summed E-state index contributed by atoms with van der Waals surface area (Å²) < 4.78 is 16.0. The lowest BCUT2D eigenvalue weighted by Gasteiger charge is -2.09. The number of amides is 1. The maximum absolute atomic E-state index is 12.1. The van der Waals surface area contributed by atoms with Crippen molar-refractivity contribution in [2.75, 3.05) is 19.9 Å². The first-order valence-corrected chi connectivity index (χ1v) is 7.60. The van der Waals surface area contributed by atoms with Crippen molar-refractivity contribution in [3.05, 3.63) is 57.6 Å². The summed E-state index contributed by atoms with van der Waals surface area (Å²) in [5.74, 6) is 1.50. The summed E-state index contributed by atoms with van der Waals surface area (Å²) in [6.07, 6.45) is 0. The molecule has 0 saturated heterocycles. The highest BCUT2D eigenvalue weighted by Gasteiger charge is 2.15. The molecule has 1 amide bonds. The van der Waals surface area contributed by atoms with Crippen molar-refractivity contribution in [1.82, 2.24) is 5.32 Å². The molecule has 1 aliphatic heterocycles. The molecule has 0 bridgehead atoms. The number of nitro benzene ring substituents is 1. The van der Waals surface area contributed by atoms with Crippen LogP contribution in [0, 0.1) is 17.0 Å². The second-order valence-corrected chi connectivity index (χ2v) is 5.38. The number of nitrogens with one attached hydrogen (secondary N) is 1. The van der Waals surface area contributed by atoms with Gasteiger partial charge in [-0.2, -0.15) is 0 Å². The number of hydrogen-bond acceptors (Lipinski definition) is 6. The number of carbonyl (C=O) groups excluding carboxylic acids is 1. The van der Waals surface area contributed by atoms with Gasteiger partial charge in [0.05, 0.1) is 11.5 Å². The fourth-order valence-corrected chi connectivity index (χ4v) is 2.35. The predicted molar refractivity (Wildman–Crippen MR) is 88.2 cm³/mol. The molecular weight excluding hydrogens is 328 g/mol. The molecule has 8 nitrogen and oxygen atoms in total. The number of fused-ring (bicyclic) bond motifs is 1. The molecule has 8 heteroatoms. The van der Waals surface area contributed by atoms with Crippen molar-refractivity contribution in [3.8, 4) is 17.2 Å². The van der Waals surface area contributed by atoms with Gasteiger partial charge in [0.1, 0.15) is 12.4 Å². The van der Waals surface area contributed by atoms with Crippen LogP contribution in [-0.4, -0.2) is 30.8 Å². The highest BCUT2D eigenvalue weighted by atomic mass is 16.7. The Morgan fingerprint density at radius 1 is 1.24 bits per heavy atom. The lowest BCUT2D eigenvalue weighted by molar-refractivity contribution is -0.385. The smallest absolute Gasteiger partial charge is 0.273 e. The molecule has 1 N–H and O–H groups in total. The molecule has 130 valence electrons. The highest BCUT2D eigenvalue weighted by Crippen LogP contribution is 2.34. The van der Waals surface area contributed by atoms with Gasteiger partial charge >= 0.3 is 0 Å². The Bertz CT molecular complexity index is 821. The van der Waals surface area contributed by atoms with Crippen LogP contribution in [0.25, 0.3) is 0 Å². The zero-order chi connectivity index (χ0) is 17.8. The Morgan fingerprint density at radius 2 is 2.04 bits per heavy atom. The van der Waals surface area contributed by atoms with Gasteiger partial charge in [-0.25, -0.2) is 0 Å². The standard InChI is InChI=1S/C17H16N2O6/c1-11-2-3-12(8-14(11)19(21)22)17(20)18-6-7-23-13-4-5-15-16(9-13)25-10-24-15/h2-5,8-9H,6-7,10H2,1H3,(H,18,20). The lowest BCUT2D eigenvalue weighted by Crippen LogP contribution is -2.28. The summed E-state index contributed by atoms with van der Waals surface area (Å²) in [5, 5.41) is 13.6. The number of aryl methyl sites for hydroxylation is 1. The largest absolute Gasteiger partial charge is 0.492 e. The van der Waals surface area contributed by atoms with Gasteiger partial charge in [-0.05, 0) is 25.1 Å². The number of rotatable bonds is 6. The van der Waals surface area contributed by atoms with Gasteiger partial charge in [-0.3, -0.25) is 14.9 Å². The van der Waals surface area contributed by atoms with E-state index in [0.717, 1.165) is 0 Å². The van der Waals surface area contributed by atoms with Crippen LogP contribution in [0.3, 0.4) is 0 Å². The average molecular weight is 344 g/mol. The maximum Gasteiger partial charge on any atom is 0.273 e. The fraction of sp³-hybridized carbons (Fsp3) is 0.235. The zero-order valence-corrected chi connectivity index (χ0v) is 13.5.